The first-order valence-electron chi connectivity index (χ1n) is 10.6. The van der Waals surface area contributed by atoms with E-state index in [1.807, 2.05) is 105 Å². The van der Waals surface area contributed by atoms with Crippen LogP contribution >= 0.6 is 0 Å². The molecule has 0 amide bonds. The first kappa shape index (κ1) is 21.7. The molecule has 0 spiro atoms. The van der Waals surface area contributed by atoms with Crippen LogP contribution in [0.5, 0.6) is 0 Å². The van der Waals surface area contributed by atoms with Crippen LogP contribution in [0.3, 0.4) is 0 Å². The second kappa shape index (κ2) is 9.30. The fourth-order valence-corrected chi connectivity index (χ4v) is 4.34. The minimum atomic E-state index is -0.860. The van der Waals surface area contributed by atoms with Crippen LogP contribution < -0.4 is 0 Å². The number of hydrogen-bond acceptors (Lipinski definition) is 5. The van der Waals surface area contributed by atoms with E-state index in [2.05, 4.69) is 0 Å². The highest BCUT2D eigenvalue weighted by molar-refractivity contribution is 5.33. The molecule has 0 saturated carbocycles. The largest absolute Gasteiger partial charge is 0.394 e. The van der Waals surface area contributed by atoms with E-state index in [4.69, 9.17) is 9.47 Å². The van der Waals surface area contributed by atoms with Gasteiger partial charge in [-0.05, 0) is 30.5 Å². The number of hydrogen-bond donors (Lipinski definition) is 2. The summed E-state index contributed by atoms with van der Waals surface area (Å²) in [5.74, 6) is -0.860. The Balaban J connectivity index is 1.81. The molecule has 1 fully saturated rings. The van der Waals surface area contributed by atoms with Crippen molar-refractivity contribution < 1.29 is 19.8 Å². The Kier molecular flexibility index (Phi) is 6.51. The quantitative estimate of drug-likeness (QED) is 0.543. The second-order valence-corrected chi connectivity index (χ2v) is 8.28. The summed E-state index contributed by atoms with van der Waals surface area (Å²) in [6.07, 6.45) is -1.13. The average molecular weight is 420 g/mol. The summed E-state index contributed by atoms with van der Waals surface area (Å²) in [6, 6.07) is 28.5. The maximum Gasteiger partial charge on any atom is 0.163 e. The van der Waals surface area contributed by atoms with Gasteiger partial charge in [0.05, 0.1) is 18.7 Å². The van der Waals surface area contributed by atoms with Gasteiger partial charge in [0.1, 0.15) is 12.2 Å². The summed E-state index contributed by atoms with van der Waals surface area (Å²) in [6.45, 7) is 3.45. The third kappa shape index (κ3) is 4.71. The predicted octanol–water partition coefficient (Wildman–Crippen LogP) is 4.72. The van der Waals surface area contributed by atoms with Gasteiger partial charge in [0.15, 0.2) is 5.79 Å². The monoisotopic (exact) mass is 419 g/mol. The zero-order valence-electron chi connectivity index (χ0n) is 17.8. The highest BCUT2D eigenvalue weighted by Crippen LogP contribution is 2.42. The summed E-state index contributed by atoms with van der Waals surface area (Å²) < 4.78 is 12.2. The maximum atomic E-state index is 11.8. The van der Waals surface area contributed by atoms with E-state index in [0.717, 1.165) is 16.7 Å². The molecule has 3 aromatic carbocycles. The van der Waals surface area contributed by atoms with Crippen LogP contribution in [0.4, 0.5) is 0 Å². The van der Waals surface area contributed by atoms with E-state index < -0.39 is 30.1 Å². The van der Waals surface area contributed by atoms with Crippen LogP contribution in [0, 0.1) is 0 Å². The molecular weight excluding hydrogens is 390 g/mol. The van der Waals surface area contributed by atoms with Crippen molar-refractivity contribution in [2.24, 2.45) is 0 Å². The highest BCUT2D eigenvalue weighted by atomic mass is 16.8. The van der Waals surface area contributed by atoms with Crippen LogP contribution in [-0.4, -0.2) is 40.0 Å². The van der Waals surface area contributed by atoms with Crippen LogP contribution in [0.25, 0.3) is 0 Å². The van der Waals surface area contributed by atoms with Crippen LogP contribution in [0.2, 0.25) is 0 Å². The average Bonchev–Trinajstić information content (AvgIpc) is 3.10. The fraction of sp³-hybridized carbons (Fsp3) is 0.308. The van der Waals surface area contributed by atoms with Crippen LogP contribution in [0.15, 0.2) is 91.0 Å². The molecule has 0 radical (unpaired) electrons. The van der Waals surface area contributed by atoms with Gasteiger partial charge in [-0.15, -0.1) is 0 Å². The Bertz CT molecular complexity index is 909. The van der Waals surface area contributed by atoms with Gasteiger partial charge in [-0.2, -0.15) is 5.06 Å². The molecule has 162 valence electrons. The van der Waals surface area contributed by atoms with Crippen molar-refractivity contribution in [1.29, 1.82) is 0 Å². The number of nitrogens with zero attached hydrogens (tertiary/aromatic N) is 1. The van der Waals surface area contributed by atoms with Crippen molar-refractivity contribution >= 4 is 0 Å². The zero-order chi connectivity index (χ0) is 21.8. The molecule has 5 nitrogen and oxygen atoms in total. The van der Waals surface area contributed by atoms with Gasteiger partial charge in [0, 0.05) is 0 Å². The molecule has 0 unspecified atom stereocenters. The summed E-state index contributed by atoms with van der Waals surface area (Å²) >= 11 is 0. The lowest BCUT2D eigenvalue weighted by molar-refractivity contribution is -0.200. The molecule has 0 bridgehead atoms. The molecule has 1 saturated heterocycles. The Morgan fingerprint density at radius 1 is 0.774 bits per heavy atom. The zero-order valence-corrected chi connectivity index (χ0v) is 17.8. The predicted molar refractivity (Wildman–Crippen MR) is 118 cm³/mol. The molecule has 0 aliphatic carbocycles. The highest BCUT2D eigenvalue weighted by Gasteiger charge is 2.48. The van der Waals surface area contributed by atoms with Gasteiger partial charge in [-0.25, -0.2) is 0 Å². The molecular formula is C26H29NO4. The SMILES string of the molecule is CC1(C)O[C@@H]([C@@H](c2ccccc2)N(O)C(c2ccccc2)c2ccccc2)[C@@H](CO)O1. The number of rotatable bonds is 7. The molecule has 1 aliphatic heterocycles. The van der Waals surface area contributed by atoms with Gasteiger partial charge in [-0.1, -0.05) is 91.0 Å². The number of hydroxylamine groups is 2. The van der Waals surface area contributed by atoms with E-state index in [-0.39, 0.29) is 6.61 Å². The topological polar surface area (TPSA) is 62.2 Å². The lowest BCUT2D eigenvalue weighted by Crippen LogP contribution is -2.43. The Labute approximate surface area is 183 Å². The third-order valence-corrected chi connectivity index (χ3v) is 5.63. The third-order valence-electron chi connectivity index (χ3n) is 5.63. The summed E-state index contributed by atoms with van der Waals surface area (Å²) in [7, 11) is 0. The van der Waals surface area contributed by atoms with E-state index in [0.29, 0.717) is 0 Å². The minimum Gasteiger partial charge on any atom is -0.394 e. The van der Waals surface area contributed by atoms with Gasteiger partial charge in [-0.3, -0.25) is 0 Å². The van der Waals surface area contributed by atoms with Crippen molar-refractivity contribution in [3.05, 3.63) is 108 Å². The van der Waals surface area contributed by atoms with Crippen LogP contribution in [0.1, 0.15) is 42.6 Å². The Morgan fingerprint density at radius 3 is 1.68 bits per heavy atom. The van der Waals surface area contributed by atoms with Crippen molar-refractivity contribution in [2.75, 3.05) is 6.61 Å². The van der Waals surface area contributed by atoms with Crippen molar-refractivity contribution in [2.45, 2.75) is 43.9 Å². The van der Waals surface area contributed by atoms with E-state index in [1.54, 1.807) is 0 Å². The Hall–Kier alpha value is -2.54. The number of aliphatic hydroxyl groups excluding tert-OH is 1. The number of benzene rings is 3. The maximum absolute atomic E-state index is 11.8. The molecule has 1 heterocycles. The summed E-state index contributed by atoms with van der Waals surface area (Å²) in [5, 5.41) is 23.1. The normalized spacial score (nSPS) is 21.5. The summed E-state index contributed by atoms with van der Waals surface area (Å²) in [5.41, 5.74) is 2.79. The molecule has 3 aromatic rings. The van der Waals surface area contributed by atoms with Gasteiger partial charge in [0.25, 0.3) is 0 Å². The first-order valence-corrected chi connectivity index (χ1v) is 10.6. The standard InChI is InChI=1S/C26H29NO4/c1-26(2)30-22(18-28)25(31-26)24(21-16-10-5-11-17-21)27(29)23(19-12-6-3-7-13-19)20-14-8-4-9-15-20/h3-17,22-25,28-29H,18H2,1-2H3/t22-,24-,25-/m1/s1. The first-order chi connectivity index (χ1) is 15.0. The van der Waals surface area contributed by atoms with Crippen molar-refractivity contribution in [1.82, 2.24) is 5.06 Å². The van der Waals surface area contributed by atoms with Gasteiger partial charge < -0.3 is 19.8 Å². The Morgan fingerprint density at radius 2 is 1.23 bits per heavy atom. The van der Waals surface area contributed by atoms with E-state index in [1.165, 1.54) is 5.06 Å². The molecule has 4 rings (SSSR count). The lowest BCUT2D eigenvalue weighted by atomic mass is 9.92. The van der Waals surface area contributed by atoms with Crippen LogP contribution in [-0.2, 0) is 9.47 Å². The lowest BCUT2D eigenvalue weighted by Gasteiger charge is -2.37. The van der Waals surface area contributed by atoms with Crippen molar-refractivity contribution in [3.8, 4) is 0 Å². The van der Waals surface area contributed by atoms with E-state index in [9.17, 15) is 10.3 Å². The van der Waals surface area contributed by atoms with Gasteiger partial charge in [0.2, 0.25) is 0 Å². The number of aliphatic hydroxyl groups is 1. The molecule has 31 heavy (non-hydrogen) atoms. The van der Waals surface area contributed by atoms with E-state index >= 15 is 0 Å². The minimum absolute atomic E-state index is 0.202. The smallest absolute Gasteiger partial charge is 0.163 e. The van der Waals surface area contributed by atoms with Gasteiger partial charge >= 0.3 is 0 Å². The molecule has 2 N–H and O–H groups in total. The fourth-order valence-electron chi connectivity index (χ4n) is 4.34. The number of ether oxygens (including phenoxy) is 2. The molecule has 3 atom stereocenters. The van der Waals surface area contributed by atoms with Crippen molar-refractivity contribution in [3.63, 3.8) is 0 Å². The summed E-state index contributed by atoms with van der Waals surface area (Å²) in [4.78, 5) is 0. The molecule has 5 heteroatoms. The second-order valence-electron chi connectivity index (χ2n) is 8.28. The molecule has 1 aliphatic rings. The molecule has 0 aromatic heterocycles.